The monoisotopic (exact) mass is 258 g/mol. The van der Waals surface area contributed by atoms with E-state index in [2.05, 4.69) is 5.32 Å². The average Bonchev–Trinajstić information content (AvgIpc) is 2.30. The molecule has 1 unspecified atom stereocenters. The highest BCUT2D eigenvalue weighted by molar-refractivity contribution is 6.34. The topological polar surface area (TPSA) is 73.6 Å². The van der Waals surface area contributed by atoms with Crippen molar-refractivity contribution in [2.24, 2.45) is 5.73 Å². The lowest BCUT2D eigenvalue weighted by molar-refractivity contribution is -0.117. The molecule has 0 saturated carbocycles. The number of carbonyl (C=O) groups excluding carboxylic acids is 1. The number of nitrogens with one attached hydrogen (secondary N) is 1. The van der Waals surface area contributed by atoms with Crippen molar-refractivity contribution < 1.29 is 14.3 Å². The van der Waals surface area contributed by atoms with Gasteiger partial charge in [0.05, 0.1) is 31.0 Å². The molecule has 94 valence electrons. The number of hydrogen-bond acceptors (Lipinski definition) is 4. The summed E-state index contributed by atoms with van der Waals surface area (Å²) < 4.78 is 10.2. The summed E-state index contributed by atoms with van der Waals surface area (Å²) in [6, 6.07) is 2.54. The zero-order valence-corrected chi connectivity index (χ0v) is 10.7. The Morgan fingerprint density at radius 1 is 1.35 bits per heavy atom. The van der Waals surface area contributed by atoms with Gasteiger partial charge < -0.3 is 20.5 Å². The van der Waals surface area contributed by atoms with E-state index in [0.29, 0.717) is 22.2 Å². The van der Waals surface area contributed by atoms with E-state index in [1.807, 2.05) is 0 Å². The van der Waals surface area contributed by atoms with E-state index in [-0.39, 0.29) is 5.91 Å². The molecule has 6 heteroatoms. The number of rotatable bonds is 4. The lowest BCUT2D eigenvalue weighted by Gasteiger charge is -2.13. The molecule has 0 bridgehead atoms. The van der Waals surface area contributed by atoms with Crippen LogP contribution in [0.5, 0.6) is 11.5 Å². The molecule has 1 aromatic rings. The maximum atomic E-state index is 11.5. The minimum Gasteiger partial charge on any atom is -0.493 e. The summed E-state index contributed by atoms with van der Waals surface area (Å²) in [5, 5.41) is 2.96. The van der Waals surface area contributed by atoms with Gasteiger partial charge in [0.2, 0.25) is 5.91 Å². The highest BCUT2D eigenvalue weighted by Crippen LogP contribution is 2.35. The van der Waals surface area contributed by atoms with Crippen LogP contribution in [0.1, 0.15) is 6.92 Å². The molecule has 0 fully saturated rings. The predicted octanol–water partition coefficient (Wildman–Crippen LogP) is 1.64. The van der Waals surface area contributed by atoms with Crippen molar-refractivity contribution in [2.75, 3.05) is 19.5 Å². The molecule has 0 aliphatic heterocycles. The molecule has 0 aliphatic carbocycles. The zero-order valence-electron chi connectivity index (χ0n) is 9.91. The molecule has 3 N–H and O–H groups in total. The van der Waals surface area contributed by atoms with E-state index >= 15 is 0 Å². The van der Waals surface area contributed by atoms with Crippen molar-refractivity contribution in [3.05, 3.63) is 17.2 Å². The van der Waals surface area contributed by atoms with Gasteiger partial charge in [-0.1, -0.05) is 11.6 Å². The SMILES string of the molecule is COc1cc(Cl)c(NC(=O)C(C)N)cc1OC. The van der Waals surface area contributed by atoms with Gasteiger partial charge in [0.25, 0.3) is 0 Å². The van der Waals surface area contributed by atoms with Crippen molar-refractivity contribution in [1.82, 2.24) is 0 Å². The standard InChI is InChI=1S/C11H15ClN2O3/c1-6(13)11(15)14-8-5-10(17-3)9(16-2)4-7(8)12/h4-6H,13H2,1-3H3,(H,14,15). The Labute approximate surface area is 105 Å². The number of nitrogens with two attached hydrogens (primary N) is 1. The van der Waals surface area contributed by atoms with Gasteiger partial charge in [-0.25, -0.2) is 0 Å². The molecule has 0 aliphatic rings. The first-order valence-electron chi connectivity index (χ1n) is 4.97. The summed E-state index contributed by atoms with van der Waals surface area (Å²) in [7, 11) is 3.01. The Bertz CT molecular complexity index is 421. The molecule has 0 saturated heterocycles. The number of ether oxygens (including phenoxy) is 2. The third-order valence-electron chi connectivity index (χ3n) is 2.14. The second-order valence-electron chi connectivity index (χ2n) is 3.46. The molecule has 0 heterocycles. The Kier molecular flexibility index (Phi) is 4.60. The van der Waals surface area contributed by atoms with Crippen molar-refractivity contribution >= 4 is 23.2 Å². The Hall–Kier alpha value is -1.46. The van der Waals surface area contributed by atoms with E-state index in [1.165, 1.54) is 14.2 Å². The largest absolute Gasteiger partial charge is 0.493 e. The summed E-state index contributed by atoms with van der Waals surface area (Å²) >= 11 is 5.99. The number of methoxy groups -OCH3 is 2. The molecule has 1 atom stereocenters. The first kappa shape index (κ1) is 13.6. The van der Waals surface area contributed by atoms with E-state index < -0.39 is 6.04 Å². The van der Waals surface area contributed by atoms with Crippen LogP contribution in [0.4, 0.5) is 5.69 Å². The van der Waals surface area contributed by atoms with Crippen LogP contribution in [0.2, 0.25) is 5.02 Å². The fourth-order valence-corrected chi connectivity index (χ4v) is 1.40. The molecule has 1 amide bonds. The van der Waals surface area contributed by atoms with Crippen molar-refractivity contribution in [3.8, 4) is 11.5 Å². The molecular weight excluding hydrogens is 244 g/mol. The minimum absolute atomic E-state index is 0.320. The van der Waals surface area contributed by atoms with Gasteiger partial charge in [-0.3, -0.25) is 4.79 Å². The lowest BCUT2D eigenvalue weighted by atomic mass is 10.2. The van der Waals surface area contributed by atoms with Gasteiger partial charge in [0.15, 0.2) is 11.5 Å². The molecule has 17 heavy (non-hydrogen) atoms. The fraction of sp³-hybridized carbons (Fsp3) is 0.364. The van der Waals surface area contributed by atoms with E-state index in [0.717, 1.165) is 0 Å². The molecule has 1 aromatic carbocycles. The number of halogens is 1. The summed E-state index contributed by atoms with van der Waals surface area (Å²) in [4.78, 5) is 11.5. The van der Waals surface area contributed by atoms with E-state index in [9.17, 15) is 4.79 Å². The smallest absolute Gasteiger partial charge is 0.241 e. The van der Waals surface area contributed by atoms with Crippen LogP contribution in [0, 0.1) is 0 Å². The average molecular weight is 259 g/mol. The Morgan fingerprint density at radius 3 is 2.35 bits per heavy atom. The van der Waals surface area contributed by atoms with Crippen molar-refractivity contribution in [2.45, 2.75) is 13.0 Å². The van der Waals surface area contributed by atoms with Gasteiger partial charge >= 0.3 is 0 Å². The number of carbonyl (C=O) groups is 1. The molecule has 1 rings (SSSR count). The highest BCUT2D eigenvalue weighted by atomic mass is 35.5. The van der Waals surface area contributed by atoms with Crippen LogP contribution < -0.4 is 20.5 Å². The first-order valence-corrected chi connectivity index (χ1v) is 5.35. The molecule has 5 nitrogen and oxygen atoms in total. The minimum atomic E-state index is -0.612. The Morgan fingerprint density at radius 2 is 1.88 bits per heavy atom. The predicted molar refractivity (Wildman–Crippen MR) is 66.8 cm³/mol. The summed E-state index contributed by atoms with van der Waals surface area (Å²) in [5.74, 6) is 0.660. The fourth-order valence-electron chi connectivity index (χ4n) is 1.20. The van der Waals surface area contributed by atoms with Crippen LogP contribution >= 0.6 is 11.6 Å². The second kappa shape index (κ2) is 5.75. The van der Waals surface area contributed by atoms with Crippen LogP contribution in [-0.2, 0) is 4.79 Å². The summed E-state index contributed by atoms with van der Waals surface area (Å²) in [6.45, 7) is 1.59. The third kappa shape index (κ3) is 3.25. The number of anilines is 1. The first-order chi connectivity index (χ1) is 7.99. The second-order valence-corrected chi connectivity index (χ2v) is 3.87. The zero-order chi connectivity index (χ0) is 13.0. The van der Waals surface area contributed by atoms with E-state index in [4.69, 9.17) is 26.8 Å². The normalized spacial score (nSPS) is 11.8. The summed E-state index contributed by atoms with van der Waals surface area (Å²) in [6.07, 6.45) is 0. The summed E-state index contributed by atoms with van der Waals surface area (Å²) in [5.41, 5.74) is 5.89. The van der Waals surface area contributed by atoms with Gasteiger partial charge in [-0.05, 0) is 6.92 Å². The van der Waals surface area contributed by atoms with Crippen LogP contribution in [0.3, 0.4) is 0 Å². The number of amides is 1. The lowest BCUT2D eigenvalue weighted by Crippen LogP contribution is -2.32. The van der Waals surface area contributed by atoms with Crippen molar-refractivity contribution in [3.63, 3.8) is 0 Å². The van der Waals surface area contributed by atoms with Gasteiger partial charge in [0, 0.05) is 12.1 Å². The maximum Gasteiger partial charge on any atom is 0.241 e. The Balaban J connectivity index is 3.04. The molecule has 0 aromatic heterocycles. The maximum absolute atomic E-state index is 11.5. The molecular formula is C11H15ClN2O3. The highest BCUT2D eigenvalue weighted by Gasteiger charge is 2.13. The van der Waals surface area contributed by atoms with Gasteiger partial charge in [-0.2, -0.15) is 0 Å². The molecule has 0 radical (unpaired) electrons. The van der Waals surface area contributed by atoms with Crippen LogP contribution in [0.25, 0.3) is 0 Å². The quantitative estimate of drug-likeness (QED) is 0.861. The van der Waals surface area contributed by atoms with Gasteiger partial charge in [0.1, 0.15) is 0 Å². The van der Waals surface area contributed by atoms with Gasteiger partial charge in [-0.15, -0.1) is 0 Å². The molecule has 0 spiro atoms. The number of benzene rings is 1. The van der Waals surface area contributed by atoms with Crippen LogP contribution in [-0.4, -0.2) is 26.2 Å². The third-order valence-corrected chi connectivity index (χ3v) is 2.46. The number of hydrogen-bond donors (Lipinski definition) is 2. The van der Waals surface area contributed by atoms with Crippen LogP contribution in [0.15, 0.2) is 12.1 Å². The van der Waals surface area contributed by atoms with Crippen molar-refractivity contribution in [1.29, 1.82) is 0 Å². The van der Waals surface area contributed by atoms with E-state index in [1.54, 1.807) is 19.1 Å².